The van der Waals surface area contributed by atoms with Crippen LogP contribution in [0.3, 0.4) is 0 Å². The predicted molar refractivity (Wildman–Crippen MR) is 74.2 cm³/mol. The van der Waals surface area contributed by atoms with Crippen LogP contribution in [0.25, 0.3) is 11.1 Å². The third-order valence-corrected chi connectivity index (χ3v) is 3.26. The molecule has 0 saturated heterocycles. The quantitative estimate of drug-likeness (QED) is 0.885. The second kappa shape index (κ2) is 5.26. The predicted octanol–water partition coefficient (Wildman–Crippen LogP) is 3.02. The normalized spacial score (nSPS) is 10.7. The maximum Gasteiger partial charge on any atom is 0.303 e. The van der Waals surface area contributed by atoms with Gasteiger partial charge in [-0.3, -0.25) is 9.89 Å². The minimum absolute atomic E-state index is 0.0994. The molecule has 2 rings (SSSR count). The van der Waals surface area contributed by atoms with Gasteiger partial charge in [0.15, 0.2) is 0 Å². The zero-order valence-electron chi connectivity index (χ0n) is 11.4. The summed E-state index contributed by atoms with van der Waals surface area (Å²) in [6.07, 6.45) is 0.546. The molecule has 2 aromatic rings. The molecule has 0 amide bonds. The summed E-state index contributed by atoms with van der Waals surface area (Å²) in [5.74, 6) is -0.799. The lowest BCUT2D eigenvalue weighted by molar-refractivity contribution is -0.136. The Balaban J connectivity index is 2.46. The standard InChI is InChI=1S/C15H18N2O2/c1-9-4-5-10(2)12(8-9)15-11(3)16-17-13(15)6-7-14(18)19/h4-5,8H,6-7H2,1-3H3,(H,16,17)(H,18,19). The topological polar surface area (TPSA) is 66.0 Å². The number of H-pyrrole nitrogens is 1. The lowest BCUT2D eigenvalue weighted by Crippen LogP contribution is -1.99. The van der Waals surface area contributed by atoms with E-state index in [4.69, 9.17) is 5.11 Å². The van der Waals surface area contributed by atoms with Crippen molar-refractivity contribution in [3.63, 3.8) is 0 Å². The van der Waals surface area contributed by atoms with E-state index >= 15 is 0 Å². The van der Waals surface area contributed by atoms with Crippen LogP contribution in [0, 0.1) is 20.8 Å². The summed E-state index contributed by atoms with van der Waals surface area (Å²) in [6, 6.07) is 6.28. The highest BCUT2D eigenvalue weighted by Crippen LogP contribution is 2.30. The van der Waals surface area contributed by atoms with Crippen molar-refractivity contribution in [1.82, 2.24) is 10.2 Å². The molecule has 0 atom stereocenters. The van der Waals surface area contributed by atoms with Gasteiger partial charge in [0.2, 0.25) is 0 Å². The van der Waals surface area contributed by atoms with Gasteiger partial charge in [-0.05, 0) is 31.9 Å². The average Bonchev–Trinajstić information content (AvgIpc) is 2.71. The van der Waals surface area contributed by atoms with Crippen LogP contribution < -0.4 is 0 Å². The molecule has 4 heteroatoms. The Bertz CT molecular complexity index is 615. The highest BCUT2D eigenvalue weighted by Gasteiger charge is 2.15. The van der Waals surface area contributed by atoms with Crippen molar-refractivity contribution < 1.29 is 9.90 Å². The number of carboxylic acid groups (broad SMARTS) is 1. The molecule has 2 N–H and O–H groups in total. The summed E-state index contributed by atoms with van der Waals surface area (Å²) in [4.78, 5) is 10.7. The van der Waals surface area contributed by atoms with Crippen molar-refractivity contribution in [2.24, 2.45) is 0 Å². The molecule has 0 fully saturated rings. The first kappa shape index (κ1) is 13.3. The molecule has 100 valence electrons. The van der Waals surface area contributed by atoms with Gasteiger partial charge in [-0.25, -0.2) is 0 Å². The van der Waals surface area contributed by atoms with E-state index in [0.717, 1.165) is 22.5 Å². The Morgan fingerprint density at radius 1 is 1.32 bits per heavy atom. The molecule has 0 radical (unpaired) electrons. The van der Waals surface area contributed by atoms with Crippen molar-refractivity contribution in [3.8, 4) is 11.1 Å². The van der Waals surface area contributed by atoms with E-state index < -0.39 is 5.97 Å². The molecule has 1 aromatic carbocycles. The number of aryl methyl sites for hydroxylation is 4. The summed E-state index contributed by atoms with van der Waals surface area (Å²) in [6.45, 7) is 6.08. The molecule has 0 aliphatic carbocycles. The van der Waals surface area contributed by atoms with Gasteiger partial charge >= 0.3 is 5.97 Å². The number of carbonyl (C=O) groups is 1. The van der Waals surface area contributed by atoms with E-state index in [2.05, 4.69) is 42.2 Å². The van der Waals surface area contributed by atoms with Crippen LogP contribution in [-0.2, 0) is 11.2 Å². The van der Waals surface area contributed by atoms with Crippen LogP contribution in [-0.4, -0.2) is 21.3 Å². The first-order valence-electron chi connectivity index (χ1n) is 6.32. The summed E-state index contributed by atoms with van der Waals surface area (Å²) >= 11 is 0. The maximum atomic E-state index is 10.7. The molecule has 19 heavy (non-hydrogen) atoms. The van der Waals surface area contributed by atoms with E-state index in [0.29, 0.717) is 6.42 Å². The Morgan fingerprint density at radius 3 is 2.74 bits per heavy atom. The number of aliphatic carboxylic acids is 1. The Labute approximate surface area is 112 Å². The second-order valence-electron chi connectivity index (χ2n) is 4.88. The molecular weight excluding hydrogens is 240 g/mol. The third kappa shape index (κ3) is 2.84. The fourth-order valence-corrected chi connectivity index (χ4v) is 2.25. The van der Waals surface area contributed by atoms with Gasteiger partial charge in [-0.1, -0.05) is 23.8 Å². The summed E-state index contributed by atoms with van der Waals surface area (Å²) in [5, 5.41) is 16.0. The second-order valence-corrected chi connectivity index (χ2v) is 4.88. The van der Waals surface area contributed by atoms with Gasteiger partial charge in [0.1, 0.15) is 0 Å². The van der Waals surface area contributed by atoms with E-state index in [1.54, 1.807) is 0 Å². The fourth-order valence-electron chi connectivity index (χ4n) is 2.25. The molecule has 1 aromatic heterocycles. The number of aromatic nitrogens is 2. The van der Waals surface area contributed by atoms with Gasteiger partial charge < -0.3 is 5.11 Å². The number of carboxylic acids is 1. The van der Waals surface area contributed by atoms with Crippen molar-refractivity contribution in [1.29, 1.82) is 0 Å². The number of benzene rings is 1. The smallest absolute Gasteiger partial charge is 0.303 e. The van der Waals surface area contributed by atoms with Crippen LogP contribution in [0.1, 0.15) is 28.9 Å². The van der Waals surface area contributed by atoms with Gasteiger partial charge in [0.05, 0.1) is 12.1 Å². The number of nitrogens with zero attached hydrogens (tertiary/aromatic N) is 1. The van der Waals surface area contributed by atoms with E-state index in [1.165, 1.54) is 11.1 Å². The van der Waals surface area contributed by atoms with Gasteiger partial charge in [0, 0.05) is 17.7 Å². The van der Waals surface area contributed by atoms with Crippen molar-refractivity contribution in [2.45, 2.75) is 33.6 Å². The third-order valence-electron chi connectivity index (χ3n) is 3.26. The van der Waals surface area contributed by atoms with Crippen LogP contribution in [0.2, 0.25) is 0 Å². The van der Waals surface area contributed by atoms with Crippen molar-refractivity contribution in [3.05, 3.63) is 40.7 Å². The van der Waals surface area contributed by atoms with Crippen LogP contribution in [0.4, 0.5) is 0 Å². The summed E-state index contributed by atoms with van der Waals surface area (Å²) in [5.41, 5.74) is 6.34. The molecule has 0 unspecified atom stereocenters. The number of nitrogens with one attached hydrogen (secondary N) is 1. The van der Waals surface area contributed by atoms with Gasteiger partial charge in [-0.15, -0.1) is 0 Å². The maximum absolute atomic E-state index is 10.7. The number of aromatic amines is 1. The largest absolute Gasteiger partial charge is 0.481 e. The monoisotopic (exact) mass is 258 g/mol. The van der Waals surface area contributed by atoms with Crippen molar-refractivity contribution in [2.75, 3.05) is 0 Å². The lowest BCUT2D eigenvalue weighted by atomic mass is 9.95. The van der Waals surface area contributed by atoms with Crippen LogP contribution in [0.5, 0.6) is 0 Å². The zero-order chi connectivity index (χ0) is 14.0. The SMILES string of the molecule is Cc1ccc(C)c(-c2c(CCC(=O)O)n[nH]c2C)c1. The fraction of sp³-hybridized carbons (Fsp3) is 0.333. The zero-order valence-corrected chi connectivity index (χ0v) is 11.4. The minimum atomic E-state index is -0.799. The first-order chi connectivity index (χ1) is 8.99. The molecule has 1 heterocycles. The Morgan fingerprint density at radius 2 is 2.05 bits per heavy atom. The highest BCUT2D eigenvalue weighted by atomic mass is 16.4. The molecule has 0 aliphatic heterocycles. The van der Waals surface area contributed by atoms with E-state index in [1.807, 2.05) is 6.92 Å². The van der Waals surface area contributed by atoms with E-state index in [9.17, 15) is 4.79 Å². The lowest BCUT2D eigenvalue weighted by Gasteiger charge is -2.08. The molecule has 0 aliphatic rings. The molecule has 0 saturated carbocycles. The van der Waals surface area contributed by atoms with Crippen molar-refractivity contribution >= 4 is 5.97 Å². The molecular formula is C15H18N2O2. The van der Waals surface area contributed by atoms with E-state index in [-0.39, 0.29) is 6.42 Å². The summed E-state index contributed by atoms with van der Waals surface area (Å²) in [7, 11) is 0. The van der Waals surface area contributed by atoms with Crippen LogP contribution >= 0.6 is 0 Å². The summed E-state index contributed by atoms with van der Waals surface area (Å²) < 4.78 is 0. The van der Waals surface area contributed by atoms with Crippen LogP contribution in [0.15, 0.2) is 18.2 Å². The Kier molecular flexibility index (Phi) is 3.69. The first-order valence-corrected chi connectivity index (χ1v) is 6.32. The Hall–Kier alpha value is -2.10. The highest BCUT2D eigenvalue weighted by molar-refractivity contribution is 5.73. The number of rotatable bonds is 4. The molecule has 0 spiro atoms. The molecule has 0 bridgehead atoms. The number of hydrogen-bond acceptors (Lipinski definition) is 2. The number of hydrogen-bond donors (Lipinski definition) is 2. The van der Waals surface area contributed by atoms with Gasteiger partial charge in [0.25, 0.3) is 0 Å². The van der Waals surface area contributed by atoms with Gasteiger partial charge in [-0.2, -0.15) is 5.10 Å². The molecule has 4 nitrogen and oxygen atoms in total. The minimum Gasteiger partial charge on any atom is -0.481 e. The average molecular weight is 258 g/mol.